The van der Waals surface area contributed by atoms with Crippen LogP contribution in [0.15, 0.2) is 54.7 Å². The maximum absolute atomic E-state index is 12.6. The largest absolute Gasteiger partial charge is 0.488 e. The molecule has 3 rings (SSSR count). The first-order chi connectivity index (χ1) is 12.0. The van der Waals surface area contributed by atoms with Crippen molar-refractivity contribution in [2.45, 2.75) is 6.54 Å². The van der Waals surface area contributed by atoms with E-state index in [9.17, 15) is 9.59 Å². The molecule has 2 aromatic carbocycles. The van der Waals surface area contributed by atoms with Crippen LogP contribution in [-0.4, -0.2) is 38.7 Å². The van der Waals surface area contributed by atoms with Crippen LogP contribution in [0.2, 0.25) is 0 Å². The van der Waals surface area contributed by atoms with Gasteiger partial charge in [0.25, 0.3) is 5.91 Å². The Hall–Kier alpha value is -3.10. The average molecular weight is 338 g/mol. The molecule has 1 aromatic heterocycles. The number of anilines is 1. The zero-order valence-corrected chi connectivity index (χ0v) is 13.1. The van der Waals surface area contributed by atoms with E-state index < -0.39 is 13.1 Å². The number of carbonyl (C=O) groups excluding carboxylic acids is 1. The van der Waals surface area contributed by atoms with E-state index in [1.807, 2.05) is 0 Å². The molecule has 1 amide bonds. The van der Waals surface area contributed by atoms with E-state index in [0.29, 0.717) is 27.6 Å². The molecule has 25 heavy (non-hydrogen) atoms. The monoisotopic (exact) mass is 338 g/mol. The number of carboxylic acid groups (broad SMARTS) is 1. The summed E-state index contributed by atoms with van der Waals surface area (Å²) in [4.78, 5) is 23.6. The summed E-state index contributed by atoms with van der Waals surface area (Å²) in [5.74, 6) is -1.37. The van der Waals surface area contributed by atoms with E-state index in [0.717, 1.165) is 0 Å². The molecule has 0 bridgehead atoms. The molecule has 0 aliphatic rings. The zero-order valence-electron chi connectivity index (χ0n) is 13.1. The minimum atomic E-state index is -1.57. The van der Waals surface area contributed by atoms with E-state index in [1.165, 1.54) is 22.9 Å². The number of aromatic nitrogens is 1. The second-order valence-electron chi connectivity index (χ2n) is 5.53. The van der Waals surface area contributed by atoms with Gasteiger partial charge in [0.2, 0.25) is 0 Å². The normalized spacial score (nSPS) is 10.6. The molecule has 1 heterocycles. The fourth-order valence-corrected chi connectivity index (χ4v) is 2.64. The molecule has 7 nitrogen and oxygen atoms in total. The summed E-state index contributed by atoms with van der Waals surface area (Å²) in [6.45, 7) is -0.239. The maximum Gasteiger partial charge on any atom is 0.488 e. The molecule has 0 aliphatic heterocycles. The van der Waals surface area contributed by atoms with Crippen molar-refractivity contribution in [2.24, 2.45) is 0 Å². The second-order valence-corrected chi connectivity index (χ2v) is 5.53. The number of nitrogens with zero attached hydrogens (tertiary/aromatic N) is 1. The molecule has 8 heteroatoms. The van der Waals surface area contributed by atoms with Crippen molar-refractivity contribution >= 4 is 41.0 Å². The Balaban J connectivity index is 1.90. The number of benzene rings is 2. The highest BCUT2D eigenvalue weighted by atomic mass is 16.4. The zero-order chi connectivity index (χ0) is 18.0. The standard InChI is InChI=1S/C17H15BN2O5/c21-16(22)10-20-9-14(13-3-1-2-4-15(13)20)17(23)19-12-7-5-11(6-8-12)18(24)25/h1-9,24-25H,10H2,(H,19,23)(H,21,22). The first kappa shape index (κ1) is 16.8. The molecule has 3 aromatic rings. The molecular weight excluding hydrogens is 323 g/mol. The maximum atomic E-state index is 12.6. The van der Waals surface area contributed by atoms with Crippen molar-refractivity contribution in [1.82, 2.24) is 4.57 Å². The minimum Gasteiger partial charge on any atom is -0.480 e. The van der Waals surface area contributed by atoms with Gasteiger partial charge >= 0.3 is 13.1 Å². The number of nitrogens with one attached hydrogen (secondary N) is 1. The predicted octanol–water partition coefficient (Wildman–Crippen LogP) is 0.658. The van der Waals surface area contributed by atoms with Gasteiger partial charge in [0, 0.05) is 22.8 Å². The first-order valence-corrected chi connectivity index (χ1v) is 7.53. The van der Waals surface area contributed by atoms with Crippen LogP contribution in [0, 0.1) is 0 Å². The van der Waals surface area contributed by atoms with Gasteiger partial charge in [0.15, 0.2) is 0 Å². The van der Waals surface area contributed by atoms with Crippen molar-refractivity contribution in [3.8, 4) is 0 Å². The van der Waals surface area contributed by atoms with Crippen LogP contribution in [0.3, 0.4) is 0 Å². The van der Waals surface area contributed by atoms with Gasteiger partial charge in [0.1, 0.15) is 6.54 Å². The van der Waals surface area contributed by atoms with Gasteiger partial charge in [-0.25, -0.2) is 0 Å². The summed E-state index contributed by atoms with van der Waals surface area (Å²) in [5.41, 5.74) is 1.83. The van der Waals surface area contributed by atoms with Crippen molar-refractivity contribution in [3.63, 3.8) is 0 Å². The number of hydrogen-bond acceptors (Lipinski definition) is 4. The molecule has 0 unspecified atom stereocenters. The van der Waals surface area contributed by atoms with Gasteiger partial charge in [-0.2, -0.15) is 0 Å². The number of carbonyl (C=O) groups is 2. The second kappa shape index (κ2) is 6.80. The summed E-state index contributed by atoms with van der Waals surface area (Å²) in [6, 6.07) is 13.2. The number of rotatable bonds is 5. The molecule has 0 atom stereocenters. The molecule has 0 aliphatic carbocycles. The Kier molecular flexibility index (Phi) is 4.56. The van der Waals surface area contributed by atoms with Crippen molar-refractivity contribution in [3.05, 3.63) is 60.3 Å². The van der Waals surface area contributed by atoms with E-state index in [4.69, 9.17) is 15.2 Å². The molecule has 4 N–H and O–H groups in total. The fraction of sp³-hybridized carbons (Fsp3) is 0.0588. The summed E-state index contributed by atoms with van der Waals surface area (Å²) in [5, 5.41) is 30.6. The van der Waals surface area contributed by atoms with E-state index >= 15 is 0 Å². The summed E-state index contributed by atoms with van der Waals surface area (Å²) in [6.07, 6.45) is 1.51. The number of aliphatic carboxylic acids is 1. The average Bonchev–Trinajstić information content (AvgIpc) is 2.94. The van der Waals surface area contributed by atoms with Crippen LogP contribution in [0.4, 0.5) is 5.69 Å². The van der Waals surface area contributed by atoms with Crippen LogP contribution >= 0.6 is 0 Å². The first-order valence-electron chi connectivity index (χ1n) is 7.53. The van der Waals surface area contributed by atoms with Crippen LogP contribution in [-0.2, 0) is 11.3 Å². The van der Waals surface area contributed by atoms with Crippen molar-refractivity contribution in [1.29, 1.82) is 0 Å². The topological polar surface area (TPSA) is 112 Å². The summed E-state index contributed by atoms with van der Waals surface area (Å²) < 4.78 is 1.51. The Morgan fingerprint density at radius 1 is 1.04 bits per heavy atom. The Bertz CT molecular complexity index is 934. The smallest absolute Gasteiger partial charge is 0.480 e. The lowest BCUT2D eigenvalue weighted by Gasteiger charge is -2.06. The highest BCUT2D eigenvalue weighted by Gasteiger charge is 2.17. The molecule has 0 spiro atoms. The summed E-state index contributed by atoms with van der Waals surface area (Å²) in [7, 11) is -1.57. The lowest BCUT2D eigenvalue weighted by Crippen LogP contribution is -2.29. The highest BCUT2D eigenvalue weighted by molar-refractivity contribution is 6.58. The lowest BCUT2D eigenvalue weighted by molar-refractivity contribution is -0.137. The third-order valence-electron chi connectivity index (χ3n) is 3.81. The number of para-hydroxylation sites is 1. The Morgan fingerprint density at radius 3 is 2.36 bits per heavy atom. The molecule has 126 valence electrons. The van der Waals surface area contributed by atoms with E-state index in [-0.39, 0.29) is 12.5 Å². The van der Waals surface area contributed by atoms with Gasteiger partial charge in [-0.05, 0) is 23.7 Å². The van der Waals surface area contributed by atoms with Gasteiger partial charge in [0.05, 0.1) is 5.56 Å². The van der Waals surface area contributed by atoms with E-state index in [1.54, 1.807) is 36.4 Å². The Labute approximate surface area is 143 Å². The van der Waals surface area contributed by atoms with Crippen LogP contribution in [0.25, 0.3) is 10.9 Å². The molecular formula is C17H15BN2O5. The lowest BCUT2D eigenvalue weighted by atomic mass is 9.80. The van der Waals surface area contributed by atoms with E-state index in [2.05, 4.69) is 5.32 Å². The van der Waals surface area contributed by atoms with Gasteiger partial charge in [-0.1, -0.05) is 30.3 Å². The Morgan fingerprint density at radius 2 is 1.72 bits per heavy atom. The molecule has 0 saturated carbocycles. The number of fused-ring (bicyclic) bond motifs is 1. The molecule has 0 saturated heterocycles. The number of hydrogen-bond donors (Lipinski definition) is 4. The van der Waals surface area contributed by atoms with Gasteiger partial charge < -0.3 is 25.0 Å². The third kappa shape index (κ3) is 3.55. The van der Waals surface area contributed by atoms with Crippen molar-refractivity contribution in [2.75, 3.05) is 5.32 Å². The predicted molar refractivity (Wildman–Crippen MR) is 93.8 cm³/mol. The van der Waals surface area contributed by atoms with Gasteiger partial charge in [-0.15, -0.1) is 0 Å². The molecule has 0 radical (unpaired) electrons. The SMILES string of the molecule is O=C(O)Cn1cc(C(=O)Nc2ccc(B(O)O)cc2)c2ccccc21. The highest BCUT2D eigenvalue weighted by Crippen LogP contribution is 2.22. The fourth-order valence-electron chi connectivity index (χ4n) is 2.64. The third-order valence-corrected chi connectivity index (χ3v) is 3.81. The van der Waals surface area contributed by atoms with Gasteiger partial charge in [-0.3, -0.25) is 9.59 Å². The van der Waals surface area contributed by atoms with Crippen LogP contribution < -0.4 is 10.8 Å². The number of amides is 1. The minimum absolute atomic E-state index is 0.239. The van der Waals surface area contributed by atoms with Crippen LogP contribution in [0.5, 0.6) is 0 Å². The summed E-state index contributed by atoms with van der Waals surface area (Å²) >= 11 is 0. The van der Waals surface area contributed by atoms with Crippen LogP contribution in [0.1, 0.15) is 10.4 Å². The van der Waals surface area contributed by atoms with Crippen molar-refractivity contribution < 1.29 is 24.7 Å². The number of carboxylic acids is 1. The molecule has 0 fully saturated rings. The quantitative estimate of drug-likeness (QED) is 0.511.